The number of rotatable bonds is 5. The van der Waals surface area contributed by atoms with Crippen LogP contribution in [0.2, 0.25) is 0 Å². The standard InChI is InChI=1S/C18H21N3O2/c19-11-13-10-17(20-12-13)18(22)21-14-6-8-16(9-7-14)23-15-4-2-1-3-5-15/h1-9,13,17,20H,10-12,19H2,(H,21,22)/t13?,17-/m0/s1. The van der Waals surface area contributed by atoms with Crippen molar-refractivity contribution in [2.24, 2.45) is 11.7 Å². The highest BCUT2D eigenvalue weighted by atomic mass is 16.5. The molecule has 0 aromatic heterocycles. The van der Waals surface area contributed by atoms with Crippen molar-refractivity contribution in [1.82, 2.24) is 5.32 Å². The number of para-hydroxylation sites is 1. The Balaban J connectivity index is 1.56. The molecule has 1 saturated heterocycles. The molecule has 0 saturated carbocycles. The Morgan fingerprint density at radius 1 is 1.13 bits per heavy atom. The van der Waals surface area contributed by atoms with E-state index in [1.54, 1.807) is 0 Å². The predicted molar refractivity (Wildman–Crippen MR) is 90.5 cm³/mol. The monoisotopic (exact) mass is 311 g/mol. The van der Waals surface area contributed by atoms with Crippen molar-refractivity contribution in [1.29, 1.82) is 0 Å². The van der Waals surface area contributed by atoms with Gasteiger partial charge < -0.3 is 21.1 Å². The number of carbonyl (C=O) groups excluding carboxylic acids is 1. The zero-order valence-electron chi connectivity index (χ0n) is 12.9. The molecule has 5 heteroatoms. The molecule has 1 fully saturated rings. The minimum atomic E-state index is -0.163. The number of amides is 1. The number of nitrogens with two attached hydrogens (primary N) is 1. The van der Waals surface area contributed by atoms with Crippen molar-refractivity contribution in [2.75, 3.05) is 18.4 Å². The fraction of sp³-hybridized carbons (Fsp3) is 0.278. The lowest BCUT2D eigenvalue weighted by Gasteiger charge is -2.12. The number of nitrogens with one attached hydrogen (secondary N) is 2. The number of carbonyl (C=O) groups is 1. The van der Waals surface area contributed by atoms with Crippen LogP contribution >= 0.6 is 0 Å². The molecule has 1 amide bonds. The van der Waals surface area contributed by atoms with Gasteiger partial charge in [-0.1, -0.05) is 18.2 Å². The first-order valence-corrected chi connectivity index (χ1v) is 7.82. The maximum atomic E-state index is 12.2. The summed E-state index contributed by atoms with van der Waals surface area (Å²) < 4.78 is 5.73. The fourth-order valence-corrected chi connectivity index (χ4v) is 2.65. The molecule has 1 aliphatic rings. The van der Waals surface area contributed by atoms with Gasteiger partial charge in [-0.3, -0.25) is 4.79 Å². The van der Waals surface area contributed by atoms with Gasteiger partial charge in [0.2, 0.25) is 5.91 Å². The molecule has 1 heterocycles. The van der Waals surface area contributed by atoms with Gasteiger partial charge in [0, 0.05) is 5.69 Å². The van der Waals surface area contributed by atoms with Crippen LogP contribution in [-0.4, -0.2) is 25.0 Å². The van der Waals surface area contributed by atoms with Crippen molar-refractivity contribution >= 4 is 11.6 Å². The Morgan fingerprint density at radius 3 is 2.48 bits per heavy atom. The summed E-state index contributed by atoms with van der Waals surface area (Å²) in [6, 6.07) is 16.8. The van der Waals surface area contributed by atoms with E-state index < -0.39 is 0 Å². The molecular formula is C18H21N3O2. The molecule has 1 unspecified atom stereocenters. The van der Waals surface area contributed by atoms with Crippen LogP contribution < -0.4 is 21.1 Å². The first-order valence-electron chi connectivity index (χ1n) is 7.82. The Morgan fingerprint density at radius 2 is 1.83 bits per heavy atom. The number of benzene rings is 2. The minimum absolute atomic E-state index is 0.0160. The van der Waals surface area contributed by atoms with Crippen molar-refractivity contribution < 1.29 is 9.53 Å². The third-order valence-electron chi connectivity index (χ3n) is 3.97. The predicted octanol–water partition coefficient (Wildman–Crippen LogP) is 2.35. The number of hydrogen-bond donors (Lipinski definition) is 3. The number of ether oxygens (including phenoxy) is 1. The lowest BCUT2D eigenvalue weighted by molar-refractivity contribution is -0.117. The molecule has 2 aromatic carbocycles. The summed E-state index contributed by atoms with van der Waals surface area (Å²) in [5.74, 6) is 1.88. The molecule has 0 spiro atoms. The van der Waals surface area contributed by atoms with Gasteiger partial charge in [-0.2, -0.15) is 0 Å². The summed E-state index contributed by atoms with van der Waals surface area (Å²) in [7, 11) is 0. The van der Waals surface area contributed by atoms with Crippen LogP contribution in [0.25, 0.3) is 0 Å². The van der Waals surface area contributed by atoms with Crippen molar-refractivity contribution in [3.63, 3.8) is 0 Å². The van der Waals surface area contributed by atoms with E-state index in [0.717, 1.165) is 30.2 Å². The summed E-state index contributed by atoms with van der Waals surface area (Å²) in [5, 5.41) is 6.13. The first-order chi connectivity index (χ1) is 11.2. The third kappa shape index (κ3) is 4.09. The minimum Gasteiger partial charge on any atom is -0.457 e. The zero-order chi connectivity index (χ0) is 16.1. The molecule has 2 aromatic rings. The van der Waals surface area contributed by atoms with E-state index in [1.807, 2.05) is 54.6 Å². The molecule has 23 heavy (non-hydrogen) atoms. The topological polar surface area (TPSA) is 76.4 Å². The Hall–Kier alpha value is -2.37. The van der Waals surface area contributed by atoms with Crippen LogP contribution in [0.1, 0.15) is 6.42 Å². The van der Waals surface area contributed by atoms with Crippen molar-refractivity contribution in [3.8, 4) is 11.5 Å². The largest absolute Gasteiger partial charge is 0.457 e. The van der Waals surface area contributed by atoms with Crippen LogP contribution in [0.4, 0.5) is 5.69 Å². The summed E-state index contributed by atoms with van der Waals surface area (Å²) in [6.07, 6.45) is 0.789. The van der Waals surface area contributed by atoms with Crippen molar-refractivity contribution in [3.05, 3.63) is 54.6 Å². The first kappa shape index (κ1) is 15.5. The second kappa shape index (κ2) is 7.26. The second-order valence-corrected chi connectivity index (χ2v) is 5.73. The van der Waals surface area contributed by atoms with Gasteiger partial charge in [0.25, 0.3) is 0 Å². The summed E-state index contributed by atoms with van der Waals surface area (Å²) in [4.78, 5) is 12.2. The van der Waals surface area contributed by atoms with E-state index >= 15 is 0 Å². The molecule has 4 N–H and O–H groups in total. The quantitative estimate of drug-likeness (QED) is 0.792. The van der Waals surface area contributed by atoms with Crippen molar-refractivity contribution in [2.45, 2.75) is 12.5 Å². The lowest BCUT2D eigenvalue weighted by Crippen LogP contribution is -2.35. The van der Waals surface area contributed by atoms with E-state index in [2.05, 4.69) is 10.6 Å². The lowest BCUT2D eigenvalue weighted by atomic mass is 10.1. The van der Waals surface area contributed by atoms with Gasteiger partial charge in [-0.25, -0.2) is 0 Å². The van der Waals surface area contributed by atoms with E-state index in [0.29, 0.717) is 12.5 Å². The zero-order valence-corrected chi connectivity index (χ0v) is 12.9. The van der Waals surface area contributed by atoms with Gasteiger partial charge in [0.1, 0.15) is 11.5 Å². The Labute approximate surface area is 135 Å². The molecule has 5 nitrogen and oxygen atoms in total. The molecule has 3 rings (SSSR count). The van der Waals surface area contributed by atoms with Crippen LogP contribution in [-0.2, 0) is 4.79 Å². The number of anilines is 1. The summed E-state index contributed by atoms with van der Waals surface area (Å²) in [5.41, 5.74) is 6.40. The third-order valence-corrected chi connectivity index (χ3v) is 3.97. The Kier molecular flexibility index (Phi) is 4.90. The molecule has 120 valence electrons. The van der Waals surface area contributed by atoms with Gasteiger partial charge in [0.15, 0.2) is 0 Å². The highest BCUT2D eigenvalue weighted by molar-refractivity contribution is 5.95. The average Bonchev–Trinajstić information content (AvgIpc) is 3.07. The highest BCUT2D eigenvalue weighted by Gasteiger charge is 2.28. The molecular weight excluding hydrogens is 290 g/mol. The van der Waals surface area contributed by atoms with E-state index in [9.17, 15) is 4.79 Å². The molecule has 0 aliphatic carbocycles. The summed E-state index contributed by atoms with van der Waals surface area (Å²) >= 11 is 0. The normalized spacial score (nSPS) is 20.2. The van der Waals surface area contributed by atoms with Crippen LogP contribution in [0.3, 0.4) is 0 Å². The molecule has 0 bridgehead atoms. The highest BCUT2D eigenvalue weighted by Crippen LogP contribution is 2.23. The number of hydrogen-bond acceptors (Lipinski definition) is 4. The van der Waals surface area contributed by atoms with E-state index in [-0.39, 0.29) is 11.9 Å². The second-order valence-electron chi connectivity index (χ2n) is 5.73. The Bertz CT molecular complexity index is 643. The van der Waals surface area contributed by atoms with E-state index in [1.165, 1.54) is 0 Å². The fourth-order valence-electron chi connectivity index (χ4n) is 2.65. The van der Waals surface area contributed by atoms with Gasteiger partial charge >= 0.3 is 0 Å². The summed E-state index contributed by atoms with van der Waals surface area (Å²) in [6.45, 7) is 1.42. The van der Waals surface area contributed by atoms with Crippen LogP contribution in [0, 0.1) is 5.92 Å². The smallest absolute Gasteiger partial charge is 0.241 e. The van der Waals surface area contributed by atoms with Gasteiger partial charge in [-0.15, -0.1) is 0 Å². The molecule has 0 radical (unpaired) electrons. The van der Waals surface area contributed by atoms with Gasteiger partial charge in [-0.05, 0) is 61.8 Å². The van der Waals surface area contributed by atoms with Gasteiger partial charge in [0.05, 0.1) is 6.04 Å². The SMILES string of the molecule is NCC1CN[C@H](C(=O)Nc2ccc(Oc3ccccc3)cc2)C1. The maximum absolute atomic E-state index is 12.2. The average molecular weight is 311 g/mol. The molecule has 1 aliphatic heterocycles. The maximum Gasteiger partial charge on any atom is 0.241 e. The van der Waals surface area contributed by atoms with Crippen LogP contribution in [0.5, 0.6) is 11.5 Å². The van der Waals surface area contributed by atoms with Crippen LogP contribution in [0.15, 0.2) is 54.6 Å². The van der Waals surface area contributed by atoms with E-state index in [4.69, 9.17) is 10.5 Å². The molecule has 2 atom stereocenters.